The Morgan fingerprint density at radius 3 is 2.53 bits per heavy atom. The van der Waals surface area contributed by atoms with Gasteiger partial charge in [0.05, 0.1) is 0 Å². The Hall–Kier alpha value is -1.62. The van der Waals surface area contributed by atoms with Crippen molar-refractivity contribution in [2.45, 2.75) is 0 Å². The van der Waals surface area contributed by atoms with E-state index in [1.807, 2.05) is 30.3 Å². The largest absolute Gasteiger partial charge is 0.424 e. The summed E-state index contributed by atoms with van der Waals surface area (Å²) in [6.07, 6.45) is 0. The van der Waals surface area contributed by atoms with E-state index in [0.29, 0.717) is 16.2 Å². The van der Waals surface area contributed by atoms with Crippen LogP contribution in [0.2, 0.25) is 0 Å². The molecule has 0 aliphatic rings. The van der Waals surface area contributed by atoms with Gasteiger partial charge in [-0.2, -0.15) is 9.97 Å². The molecule has 0 radical (unpaired) electrons. The van der Waals surface area contributed by atoms with Gasteiger partial charge in [-0.15, -0.1) is 0 Å². The number of halogens is 1. The average Bonchev–Trinajstić information content (AvgIpc) is 2.17. The van der Waals surface area contributed by atoms with Gasteiger partial charge in [0.1, 0.15) is 16.2 Å². The van der Waals surface area contributed by atoms with Gasteiger partial charge in [-0.05, 0) is 28.1 Å². The van der Waals surface area contributed by atoms with E-state index in [9.17, 15) is 0 Å². The van der Waals surface area contributed by atoms with Crippen LogP contribution in [0.1, 0.15) is 0 Å². The second kappa shape index (κ2) is 4.27. The lowest BCUT2D eigenvalue weighted by Gasteiger charge is -2.03. The molecule has 2 aromatic rings. The molecule has 1 aromatic heterocycles. The van der Waals surface area contributed by atoms with Crippen molar-refractivity contribution in [1.82, 2.24) is 9.97 Å². The minimum absolute atomic E-state index is 0.230. The highest BCUT2D eigenvalue weighted by Gasteiger charge is 2.02. The van der Waals surface area contributed by atoms with E-state index in [1.165, 1.54) is 0 Å². The highest BCUT2D eigenvalue weighted by molar-refractivity contribution is 9.10. The molecule has 0 amide bonds. The van der Waals surface area contributed by atoms with Crippen LogP contribution in [-0.4, -0.2) is 9.97 Å². The van der Waals surface area contributed by atoms with Crippen LogP contribution in [0.5, 0.6) is 11.8 Å². The molecule has 0 saturated heterocycles. The smallest absolute Gasteiger partial charge is 0.325 e. The number of anilines is 1. The number of benzene rings is 1. The van der Waals surface area contributed by atoms with Gasteiger partial charge >= 0.3 is 6.01 Å². The van der Waals surface area contributed by atoms with E-state index in [1.54, 1.807) is 6.07 Å². The summed E-state index contributed by atoms with van der Waals surface area (Å²) in [6, 6.07) is 11.1. The Labute approximate surface area is 95.2 Å². The fourth-order valence-electron chi connectivity index (χ4n) is 1.05. The molecule has 0 aliphatic carbocycles. The molecule has 5 heteroatoms. The molecule has 0 atom stereocenters. The van der Waals surface area contributed by atoms with E-state index in [0.717, 1.165) is 0 Å². The quantitative estimate of drug-likeness (QED) is 0.849. The van der Waals surface area contributed by atoms with Crippen molar-refractivity contribution in [2.75, 3.05) is 5.73 Å². The van der Waals surface area contributed by atoms with Gasteiger partial charge in [-0.3, -0.25) is 0 Å². The van der Waals surface area contributed by atoms with E-state index in [2.05, 4.69) is 25.9 Å². The van der Waals surface area contributed by atoms with Gasteiger partial charge in [-0.1, -0.05) is 18.2 Å². The van der Waals surface area contributed by atoms with E-state index >= 15 is 0 Å². The second-order valence-corrected chi connectivity index (χ2v) is 3.63. The molecule has 0 bridgehead atoms. The lowest BCUT2D eigenvalue weighted by Crippen LogP contribution is -1.96. The van der Waals surface area contributed by atoms with Crippen molar-refractivity contribution in [2.24, 2.45) is 0 Å². The van der Waals surface area contributed by atoms with Crippen LogP contribution in [-0.2, 0) is 0 Å². The Kier molecular flexibility index (Phi) is 2.82. The first-order valence-corrected chi connectivity index (χ1v) is 5.06. The molecular weight excluding hydrogens is 258 g/mol. The molecule has 0 aliphatic heterocycles. The minimum Gasteiger partial charge on any atom is -0.424 e. The van der Waals surface area contributed by atoms with E-state index in [-0.39, 0.29) is 6.01 Å². The van der Waals surface area contributed by atoms with Gasteiger partial charge in [0.15, 0.2) is 0 Å². The summed E-state index contributed by atoms with van der Waals surface area (Å²) in [6.45, 7) is 0. The normalized spacial score (nSPS) is 9.93. The maximum Gasteiger partial charge on any atom is 0.325 e. The highest BCUT2D eigenvalue weighted by atomic mass is 79.9. The predicted molar refractivity (Wildman–Crippen MR) is 60.7 cm³/mol. The molecule has 0 fully saturated rings. The fourth-order valence-corrected chi connectivity index (χ4v) is 1.44. The Balaban J connectivity index is 2.25. The van der Waals surface area contributed by atoms with Gasteiger partial charge in [0.25, 0.3) is 0 Å². The SMILES string of the molecule is Nc1cc(Br)nc(Oc2ccccc2)n1. The number of hydrogen-bond donors (Lipinski definition) is 1. The molecule has 2 rings (SSSR count). The standard InChI is InChI=1S/C10H8BrN3O/c11-8-6-9(12)14-10(13-8)15-7-4-2-1-3-5-7/h1-6H,(H2,12,13,14). The summed E-state index contributed by atoms with van der Waals surface area (Å²) in [5, 5.41) is 0. The Morgan fingerprint density at radius 1 is 1.13 bits per heavy atom. The minimum atomic E-state index is 0.230. The van der Waals surface area contributed by atoms with Crippen molar-refractivity contribution in [1.29, 1.82) is 0 Å². The fraction of sp³-hybridized carbons (Fsp3) is 0. The summed E-state index contributed by atoms with van der Waals surface area (Å²) in [5.74, 6) is 1.04. The van der Waals surface area contributed by atoms with Crippen molar-refractivity contribution >= 4 is 21.7 Å². The van der Waals surface area contributed by atoms with Crippen molar-refractivity contribution in [3.63, 3.8) is 0 Å². The third-order valence-corrected chi connectivity index (χ3v) is 2.05. The summed E-state index contributed by atoms with van der Waals surface area (Å²) < 4.78 is 6.01. The maximum absolute atomic E-state index is 5.55. The van der Waals surface area contributed by atoms with Crippen LogP contribution in [0, 0.1) is 0 Å². The van der Waals surface area contributed by atoms with Gasteiger partial charge in [0, 0.05) is 6.07 Å². The highest BCUT2D eigenvalue weighted by Crippen LogP contribution is 2.20. The third-order valence-electron chi connectivity index (χ3n) is 1.65. The van der Waals surface area contributed by atoms with Crippen LogP contribution in [0.25, 0.3) is 0 Å². The predicted octanol–water partition coefficient (Wildman–Crippen LogP) is 2.61. The third kappa shape index (κ3) is 2.66. The maximum atomic E-state index is 5.55. The molecule has 0 unspecified atom stereocenters. The molecule has 2 N–H and O–H groups in total. The number of nitrogens with two attached hydrogens (primary N) is 1. The molecule has 0 spiro atoms. The van der Waals surface area contributed by atoms with Crippen LogP contribution in [0.4, 0.5) is 5.82 Å². The molecule has 15 heavy (non-hydrogen) atoms. The lowest BCUT2D eigenvalue weighted by atomic mass is 10.3. The molecule has 76 valence electrons. The summed E-state index contributed by atoms with van der Waals surface area (Å²) in [7, 11) is 0. The van der Waals surface area contributed by atoms with Crippen molar-refractivity contribution in [3.8, 4) is 11.8 Å². The molecule has 1 heterocycles. The average molecular weight is 266 g/mol. The zero-order valence-corrected chi connectivity index (χ0v) is 9.31. The summed E-state index contributed by atoms with van der Waals surface area (Å²) in [5.41, 5.74) is 5.55. The number of hydrogen-bond acceptors (Lipinski definition) is 4. The van der Waals surface area contributed by atoms with Gasteiger partial charge in [-0.25, -0.2) is 0 Å². The van der Waals surface area contributed by atoms with E-state index in [4.69, 9.17) is 10.5 Å². The summed E-state index contributed by atoms with van der Waals surface area (Å²) in [4.78, 5) is 7.98. The monoisotopic (exact) mass is 265 g/mol. The number of rotatable bonds is 2. The Morgan fingerprint density at radius 2 is 1.87 bits per heavy atom. The van der Waals surface area contributed by atoms with Crippen LogP contribution in [0.15, 0.2) is 41.0 Å². The van der Waals surface area contributed by atoms with Crippen LogP contribution >= 0.6 is 15.9 Å². The first-order valence-electron chi connectivity index (χ1n) is 4.27. The molecule has 0 saturated carbocycles. The van der Waals surface area contributed by atoms with Crippen molar-refractivity contribution < 1.29 is 4.74 Å². The number of nitrogens with zero attached hydrogens (tertiary/aromatic N) is 2. The zero-order valence-electron chi connectivity index (χ0n) is 7.72. The number of para-hydroxylation sites is 1. The van der Waals surface area contributed by atoms with Gasteiger partial charge in [0.2, 0.25) is 0 Å². The second-order valence-electron chi connectivity index (χ2n) is 2.81. The molecule has 4 nitrogen and oxygen atoms in total. The molecule has 1 aromatic carbocycles. The van der Waals surface area contributed by atoms with Crippen molar-refractivity contribution in [3.05, 3.63) is 41.0 Å². The topological polar surface area (TPSA) is 61.0 Å². The lowest BCUT2D eigenvalue weighted by molar-refractivity contribution is 0.441. The molecular formula is C10H8BrN3O. The number of nitrogen functional groups attached to an aromatic ring is 1. The van der Waals surface area contributed by atoms with Crippen LogP contribution < -0.4 is 10.5 Å². The first kappa shape index (κ1) is 9.92. The number of aromatic nitrogens is 2. The van der Waals surface area contributed by atoms with E-state index < -0.39 is 0 Å². The first-order chi connectivity index (χ1) is 7.24. The van der Waals surface area contributed by atoms with Gasteiger partial charge < -0.3 is 10.5 Å². The number of ether oxygens (including phenoxy) is 1. The summed E-state index contributed by atoms with van der Waals surface area (Å²) >= 11 is 3.22. The van der Waals surface area contributed by atoms with Crippen LogP contribution in [0.3, 0.4) is 0 Å². The Bertz CT molecular complexity index is 441. The zero-order chi connectivity index (χ0) is 10.7.